The number of phenols is 1. The second-order valence-corrected chi connectivity index (χ2v) is 3.36. The van der Waals surface area contributed by atoms with Crippen LogP contribution >= 0.6 is 0 Å². The Balaban J connectivity index is 3.11. The van der Waals surface area contributed by atoms with Crippen LogP contribution in [0.2, 0.25) is 0 Å². The number of rotatable bonds is 4. The first-order chi connectivity index (χ1) is 7.07. The summed E-state index contributed by atoms with van der Waals surface area (Å²) >= 11 is 0. The minimum atomic E-state index is -1.11. The number of aromatic carboxylic acids is 1. The lowest BCUT2D eigenvalue weighted by atomic mass is 10.1. The van der Waals surface area contributed by atoms with Gasteiger partial charge in [0, 0.05) is 12.2 Å². The molecule has 0 aliphatic carbocycles. The van der Waals surface area contributed by atoms with E-state index in [2.05, 4.69) is 5.32 Å². The molecule has 0 radical (unpaired) electrons. The third-order valence-electron chi connectivity index (χ3n) is 2.22. The van der Waals surface area contributed by atoms with Crippen LogP contribution in [-0.4, -0.2) is 22.7 Å². The molecule has 0 heterocycles. The minimum Gasteiger partial charge on any atom is -0.507 e. The molecule has 4 nitrogen and oxygen atoms in total. The molecule has 0 aromatic heterocycles. The van der Waals surface area contributed by atoms with Crippen LogP contribution < -0.4 is 5.32 Å². The van der Waals surface area contributed by atoms with Crippen LogP contribution in [0.15, 0.2) is 12.1 Å². The van der Waals surface area contributed by atoms with E-state index in [1.165, 1.54) is 6.07 Å². The predicted molar refractivity (Wildman–Crippen MR) is 58.6 cm³/mol. The smallest absolute Gasteiger partial charge is 0.339 e. The van der Waals surface area contributed by atoms with Gasteiger partial charge in [-0.1, -0.05) is 6.92 Å². The van der Waals surface area contributed by atoms with Crippen LogP contribution in [0.4, 0.5) is 5.69 Å². The molecule has 0 saturated heterocycles. The Morgan fingerprint density at radius 2 is 2.13 bits per heavy atom. The van der Waals surface area contributed by atoms with Crippen molar-refractivity contribution in [2.75, 3.05) is 11.9 Å². The zero-order valence-electron chi connectivity index (χ0n) is 8.87. The van der Waals surface area contributed by atoms with Crippen molar-refractivity contribution < 1.29 is 15.0 Å². The van der Waals surface area contributed by atoms with Gasteiger partial charge in [-0.05, 0) is 31.0 Å². The van der Waals surface area contributed by atoms with Crippen LogP contribution in [0.3, 0.4) is 0 Å². The third kappa shape index (κ3) is 2.40. The molecule has 0 fully saturated rings. The molecule has 4 heteroatoms. The van der Waals surface area contributed by atoms with Crippen LogP contribution in [0, 0.1) is 6.92 Å². The Hall–Kier alpha value is -1.71. The maximum Gasteiger partial charge on any atom is 0.339 e. The summed E-state index contributed by atoms with van der Waals surface area (Å²) in [5.41, 5.74) is 1.29. The Morgan fingerprint density at radius 3 is 2.67 bits per heavy atom. The van der Waals surface area contributed by atoms with Gasteiger partial charge in [-0.15, -0.1) is 0 Å². The lowest BCUT2D eigenvalue weighted by Crippen LogP contribution is -2.06. The van der Waals surface area contributed by atoms with Gasteiger partial charge in [0.05, 0.1) is 0 Å². The van der Waals surface area contributed by atoms with Gasteiger partial charge >= 0.3 is 5.97 Å². The van der Waals surface area contributed by atoms with Crippen LogP contribution in [0.5, 0.6) is 5.75 Å². The zero-order chi connectivity index (χ0) is 11.4. The van der Waals surface area contributed by atoms with Crippen LogP contribution in [-0.2, 0) is 0 Å². The summed E-state index contributed by atoms with van der Waals surface area (Å²) in [6.45, 7) is 4.49. The van der Waals surface area contributed by atoms with E-state index in [1.807, 2.05) is 6.92 Å². The summed E-state index contributed by atoms with van der Waals surface area (Å²) in [7, 11) is 0. The van der Waals surface area contributed by atoms with E-state index >= 15 is 0 Å². The number of carboxylic acid groups (broad SMARTS) is 1. The number of aromatic hydroxyl groups is 1. The molecule has 0 bridgehead atoms. The SMILES string of the molecule is CCCNc1ccc(O)c(C(=O)O)c1C. The number of carbonyl (C=O) groups is 1. The highest BCUT2D eigenvalue weighted by Gasteiger charge is 2.15. The van der Waals surface area contributed by atoms with Crippen LogP contribution in [0.25, 0.3) is 0 Å². The maximum atomic E-state index is 10.9. The molecule has 0 aliphatic rings. The Bertz CT molecular complexity index is 374. The van der Waals surface area contributed by atoms with Crippen molar-refractivity contribution in [1.82, 2.24) is 0 Å². The first kappa shape index (κ1) is 11.4. The Morgan fingerprint density at radius 1 is 1.47 bits per heavy atom. The molecular weight excluding hydrogens is 194 g/mol. The third-order valence-corrected chi connectivity index (χ3v) is 2.22. The van der Waals surface area contributed by atoms with Gasteiger partial charge in [0.2, 0.25) is 0 Å². The highest BCUT2D eigenvalue weighted by Crippen LogP contribution is 2.27. The van der Waals surface area contributed by atoms with Gasteiger partial charge < -0.3 is 15.5 Å². The van der Waals surface area contributed by atoms with Crippen molar-refractivity contribution in [2.24, 2.45) is 0 Å². The molecule has 0 aliphatic heterocycles. The summed E-state index contributed by atoms with van der Waals surface area (Å²) < 4.78 is 0. The Kier molecular flexibility index (Phi) is 3.55. The number of hydrogen-bond acceptors (Lipinski definition) is 3. The highest BCUT2D eigenvalue weighted by molar-refractivity contribution is 5.94. The summed E-state index contributed by atoms with van der Waals surface area (Å²) in [5.74, 6) is -1.30. The lowest BCUT2D eigenvalue weighted by Gasteiger charge is -2.11. The second-order valence-electron chi connectivity index (χ2n) is 3.36. The molecule has 1 aromatic carbocycles. The van der Waals surface area contributed by atoms with Crippen molar-refractivity contribution in [3.05, 3.63) is 23.3 Å². The molecule has 82 valence electrons. The molecule has 0 spiro atoms. The van der Waals surface area contributed by atoms with E-state index in [9.17, 15) is 9.90 Å². The van der Waals surface area contributed by atoms with Crippen molar-refractivity contribution in [3.63, 3.8) is 0 Å². The average Bonchev–Trinajstić information content (AvgIpc) is 2.16. The predicted octanol–water partition coefficient (Wildman–Crippen LogP) is 2.22. The van der Waals surface area contributed by atoms with E-state index < -0.39 is 5.97 Å². The average molecular weight is 209 g/mol. The van der Waals surface area contributed by atoms with Crippen molar-refractivity contribution in [1.29, 1.82) is 0 Å². The van der Waals surface area contributed by atoms with Gasteiger partial charge in [0.1, 0.15) is 11.3 Å². The summed E-state index contributed by atoms with van der Waals surface area (Å²) in [6, 6.07) is 3.08. The minimum absolute atomic E-state index is 0.0314. The molecule has 1 rings (SSSR count). The normalized spacial score (nSPS) is 10.0. The topological polar surface area (TPSA) is 69.6 Å². The largest absolute Gasteiger partial charge is 0.507 e. The van der Waals surface area contributed by atoms with Crippen LogP contribution in [0.1, 0.15) is 29.3 Å². The fourth-order valence-electron chi connectivity index (χ4n) is 1.42. The molecule has 0 saturated carbocycles. The molecule has 0 amide bonds. The summed E-state index contributed by atoms with van der Waals surface area (Å²) in [4.78, 5) is 10.9. The van der Waals surface area contributed by atoms with E-state index in [-0.39, 0.29) is 11.3 Å². The van der Waals surface area contributed by atoms with E-state index in [0.29, 0.717) is 5.56 Å². The number of nitrogens with one attached hydrogen (secondary N) is 1. The van der Waals surface area contributed by atoms with Gasteiger partial charge in [-0.2, -0.15) is 0 Å². The number of carboxylic acids is 1. The van der Waals surface area contributed by atoms with E-state index in [1.54, 1.807) is 13.0 Å². The van der Waals surface area contributed by atoms with Gasteiger partial charge in [-0.25, -0.2) is 4.79 Å². The number of hydrogen-bond donors (Lipinski definition) is 3. The van der Waals surface area contributed by atoms with E-state index in [4.69, 9.17) is 5.11 Å². The van der Waals surface area contributed by atoms with E-state index in [0.717, 1.165) is 18.7 Å². The zero-order valence-corrected chi connectivity index (χ0v) is 8.87. The molecule has 15 heavy (non-hydrogen) atoms. The molecule has 0 unspecified atom stereocenters. The second kappa shape index (κ2) is 4.68. The lowest BCUT2D eigenvalue weighted by molar-refractivity contribution is 0.0693. The van der Waals surface area contributed by atoms with Gasteiger partial charge in [0.15, 0.2) is 0 Å². The highest BCUT2D eigenvalue weighted by atomic mass is 16.4. The fraction of sp³-hybridized carbons (Fsp3) is 0.364. The fourth-order valence-corrected chi connectivity index (χ4v) is 1.42. The summed E-state index contributed by atoms with van der Waals surface area (Å²) in [5, 5.41) is 21.4. The van der Waals surface area contributed by atoms with Crippen molar-refractivity contribution in [2.45, 2.75) is 20.3 Å². The molecule has 1 aromatic rings. The molecule has 3 N–H and O–H groups in total. The summed E-state index contributed by atoms with van der Waals surface area (Å²) in [6.07, 6.45) is 0.961. The van der Waals surface area contributed by atoms with Crippen molar-refractivity contribution >= 4 is 11.7 Å². The van der Waals surface area contributed by atoms with Gasteiger partial charge in [0.25, 0.3) is 0 Å². The first-order valence-corrected chi connectivity index (χ1v) is 4.87. The quantitative estimate of drug-likeness (QED) is 0.665. The number of benzene rings is 1. The monoisotopic (exact) mass is 209 g/mol. The number of anilines is 1. The first-order valence-electron chi connectivity index (χ1n) is 4.87. The standard InChI is InChI=1S/C11H15NO3/c1-3-6-12-8-4-5-9(13)10(7(8)2)11(14)15/h4-5,12-13H,3,6H2,1-2H3,(H,14,15). The van der Waals surface area contributed by atoms with Crippen molar-refractivity contribution in [3.8, 4) is 5.75 Å². The maximum absolute atomic E-state index is 10.9. The molecule has 0 atom stereocenters. The Labute approximate surface area is 88.6 Å². The molecular formula is C11H15NO3. The van der Waals surface area contributed by atoms with Gasteiger partial charge in [-0.3, -0.25) is 0 Å².